The van der Waals surface area contributed by atoms with E-state index in [0.29, 0.717) is 6.42 Å². The van der Waals surface area contributed by atoms with Crippen molar-refractivity contribution in [1.29, 1.82) is 0 Å². The van der Waals surface area contributed by atoms with Gasteiger partial charge in [-0.2, -0.15) is 0 Å². The molecule has 4 heteroatoms. The number of carbonyl (C=O) groups is 2. The van der Waals surface area contributed by atoms with Gasteiger partial charge < -0.3 is 10.6 Å². The predicted octanol–water partition coefficient (Wildman–Crippen LogP) is 2.04. The fourth-order valence-electron chi connectivity index (χ4n) is 2.43. The molecule has 1 atom stereocenters. The van der Waals surface area contributed by atoms with E-state index in [1.807, 2.05) is 60.7 Å². The number of amides is 2. The first kappa shape index (κ1) is 16.8. The minimum absolute atomic E-state index is 0.152. The van der Waals surface area contributed by atoms with Crippen LogP contribution in [-0.2, 0) is 16.0 Å². The SMILES string of the molecule is O=C(C#Cc1ccccc1)NC(Cc1ccccc1)C(=O)NC1CC1. The van der Waals surface area contributed by atoms with Crippen LogP contribution in [0.5, 0.6) is 0 Å². The van der Waals surface area contributed by atoms with E-state index < -0.39 is 11.9 Å². The van der Waals surface area contributed by atoms with Crippen molar-refractivity contribution in [2.75, 3.05) is 0 Å². The molecule has 25 heavy (non-hydrogen) atoms. The maximum atomic E-state index is 12.4. The minimum atomic E-state index is -0.624. The van der Waals surface area contributed by atoms with Crippen molar-refractivity contribution in [3.8, 4) is 11.8 Å². The van der Waals surface area contributed by atoms with Crippen molar-refractivity contribution < 1.29 is 9.59 Å². The van der Waals surface area contributed by atoms with Crippen LogP contribution in [0, 0.1) is 11.8 Å². The van der Waals surface area contributed by atoms with Crippen molar-refractivity contribution in [1.82, 2.24) is 10.6 Å². The third-order valence-electron chi connectivity index (χ3n) is 3.92. The van der Waals surface area contributed by atoms with E-state index in [-0.39, 0.29) is 11.9 Å². The molecule has 0 heterocycles. The molecule has 0 bridgehead atoms. The molecule has 1 unspecified atom stereocenters. The molecule has 2 aromatic carbocycles. The number of nitrogens with one attached hydrogen (secondary N) is 2. The summed E-state index contributed by atoms with van der Waals surface area (Å²) in [5.74, 6) is 4.77. The molecule has 1 aliphatic rings. The Morgan fingerprint density at radius 1 is 1.00 bits per heavy atom. The number of carbonyl (C=O) groups excluding carboxylic acids is 2. The van der Waals surface area contributed by atoms with Gasteiger partial charge in [0, 0.05) is 23.9 Å². The van der Waals surface area contributed by atoms with E-state index in [1.165, 1.54) is 0 Å². The second kappa shape index (κ2) is 8.16. The molecule has 126 valence electrons. The van der Waals surface area contributed by atoms with Crippen LogP contribution in [0.2, 0.25) is 0 Å². The molecule has 0 spiro atoms. The van der Waals surface area contributed by atoms with Gasteiger partial charge in [0.2, 0.25) is 5.91 Å². The summed E-state index contributed by atoms with van der Waals surface area (Å²) in [6.45, 7) is 0. The number of rotatable bonds is 5. The van der Waals surface area contributed by atoms with E-state index >= 15 is 0 Å². The second-order valence-corrected chi connectivity index (χ2v) is 6.11. The summed E-state index contributed by atoms with van der Waals surface area (Å²) in [7, 11) is 0. The molecular weight excluding hydrogens is 312 g/mol. The van der Waals surface area contributed by atoms with Gasteiger partial charge in [0.15, 0.2) is 0 Å². The summed E-state index contributed by atoms with van der Waals surface area (Å²) in [6, 6.07) is 18.6. The predicted molar refractivity (Wildman–Crippen MR) is 96.6 cm³/mol. The largest absolute Gasteiger partial charge is 0.352 e. The average Bonchev–Trinajstić information content (AvgIpc) is 3.45. The van der Waals surface area contributed by atoms with Crippen LogP contribution in [0.3, 0.4) is 0 Å². The third kappa shape index (κ3) is 5.50. The highest BCUT2D eigenvalue weighted by Gasteiger charge is 2.28. The Kier molecular flexibility index (Phi) is 5.48. The van der Waals surface area contributed by atoms with Gasteiger partial charge in [0.25, 0.3) is 5.91 Å². The van der Waals surface area contributed by atoms with E-state index in [1.54, 1.807) is 0 Å². The van der Waals surface area contributed by atoms with Crippen LogP contribution in [-0.4, -0.2) is 23.9 Å². The molecule has 1 aliphatic carbocycles. The standard InChI is InChI=1S/C21H20N2O2/c24-20(14-11-16-7-3-1-4-8-16)23-19(21(25)22-18-12-13-18)15-17-9-5-2-6-10-17/h1-10,18-19H,12-13,15H2,(H,22,25)(H,23,24). The van der Waals surface area contributed by atoms with Gasteiger partial charge >= 0.3 is 0 Å². The molecule has 3 rings (SSSR count). The minimum Gasteiger partial charge on any atom is -0.352 e. The van der Waals surface area contributed by atoms with Gasteiger partial charge in [-0.15, -0.1) is 0 Å². The topological polar surface area (TPSA) is 58.2 Å². The smallest absolute Gasteiger partial charge is 0.296 e. The molecular formula is C21H20N2O2. The Balaban J connectivity index is 1.66. The Hall–Kier alpha value is -3.06. The first-order valence-electron chi connectivity index (χ1n) is 8.42. The maximum Gasteiger partial charge on any atom is 0.296 e. The summed E-state index contributed by atoms with van der Waals surface area (Å²) in [4.78, 5) is 24.6. The lowest BCUT2D eigenvalue weighted by molar-refractivity contribution is -0.126. The van der Waals surface area contributed by atoms with Crippen LogP contribution in [0.25, 0.3) is 0 Å². The van der Waals surface area contributed by atoms with Gasteiger partial charge in [0.05, 0.1) is 0 Å². The van der Waals surface area contributed by atoms with Crippen LogP contribution in [0.4, 0.5) is 0 Å². The molecule has 2 amide bonds. The highest BCUT2D eigenvalue weighted by molar-refractivity contribution is 5.97. The highest BCUT2D eigenvalue weighted by Crippen LogP contribution is 2.19. The monoisotopic (exact) mass is 332 g/mol. The fraction of sp³-hybridized carbons (Fsp3) is 0.238. The van der Waals surface area contributed by atoms with E-state index in [9.17, 15) is 9.59 Å². The average molecular weight is 332 g/mol. The quantitative estimate of drug-likeness (QED) is 0.823. The molecule has 2 N–H and O–H groups in total. The van der Waals surface area contributed by atoms with Crippen LogP contribution < -0.4 is 10.6 Å². The van der Waals surface area contributed by atoms with Crippen LogP contribution >= 0.6 is 0 Å². The van der Waals surface area contributed by atoms with Crippen molar-refractivity contribution in [3.05, 3.63) is 71.8 Å². The summed E-state index contributed by atoms with van der Waals surface area (Å²) < 4.78 is 0. The lowest BCUT2D eigenvalue weighted by Gasteiger charge is -2.17. The molecule has 2 aromatic rings. The maximum absolute atomic E-state index is 12.4. The molecule has 0 aliphatic heterocycles. The Morgan fingerprint density at radius 3 is 2.28 bits per heavy atom. The Morgan fingerprint density at radius 2 is 1.64 bits per heavy atom. The van der Waals surface area contributed by atoms with E-state index in [0.717, 1.165) is 24.0 Å². The van der Waals surface area contributed by atoms with Crippen LogP contribution in [0.1, 0.15) is 24.0 Å². The van der Waals surface area contributed by atoms with Crippen molar-refractivity contribution in [2.24, 2.45) is 0 Å². The van der Waals surface area contributed by atoms with Crippen molar-refractivity contribution in [3.63, 3.8) is 0 Å². The third-order valence-corrected chi connectivity index (χ3v) is 3.92. The number of benzene rings is 2. The summed E-state index contributed by atoms with van der Waals surface area (Å²) >= 11 is 0. The molecule has 0 saturated heterocycles. The van der Waals surface area contributed by atoms with Gasteiger partial charge in [-0.05, 0) is 30.5 Å². The zero-order valence-corrected chi connectivity index (χ0v) is 13.9. The Labute approximate surface area is 147 Å². The summed E-state index contributed by atoms with van der Waals surface area (Å²) in [5, 5.41) is 5.70. The molecule has 4 nitrogen and oxygen atoms in total. The molecule has 0 radical (unpaired) electrons. The van der Waals surface area contributed by atoms with E-state index in [2.05, 4.69) is 22.5 Å². The first-order chi connectivity index (χ1) is 12.2. The normalized spacial score (nSPS) is 13.9. The summed E-state index contributed by atoms with van der Waals surface area (Å²) in [6.07, 6.45) is 2.45. The zero-order chi connectivity index (χ0) is 17.5. The first-order valence-corrected chi connectivity index (χ1v) is 8.42. The fourth-order valence-corrected chi connectivity index (χ4v) is 2.43. The lowest BCUT2D eigenvalue weighted by Crippen LogP contribution is -2.48. The van der Waals surface area contributed by atoms with Gasteiger partial charge in [-0.25, -0.2) is 0 Å². The summed E-state index contributed by atoms with van der Waals surface area (Å²) in [5.41, 5.74) is 1.76. The number of hydrogen-bond acceptors (Lipinski definition) is 2. The molecule has 1 fully saturated rings. The van der Waals surface area contributed by atoms with Crippen molar-refractivity contribution in [2.45, 2.75) is 31.3 Å². The second-order valence-electron chi connectivity index (χ2n) is 6.11. The van der Waals surface area contributed by atoms with Crippen molar-refractivity contribution >= 4 is 11.8 Å². The molecule has 0 aromatic heterocycles. The number of hydrogen-bond donors (Lipinski definition) is 2. The highest BCUT2D eigenvalue weighted by atomic mass is 16.2. The zero-order valence-electron chi connectivity index (χ0n) is 13.9. The lowest BCUT2D eigenvalue weighted by atomic mass is 10.1. The van der Waals surface area contributed by atoms with Gasteiger partial charge in [-0.3, -0.25) is 9.59 Å². The molecule has 1 saturated carbocycles. The van der Waals surface area contributed by atoms with Crippen LogP contribution in [0.15, 0.2) is 60.7 Å². The van der Waals surface area contributed by atoms with Gasteiger partial charge in [0.1, 0.15) is 6.04 Å². The Bertz CT molecular complexity index is 787. The van der Waals surface area contributed by atoms with E-state index in [4.69, 9.17) is 0 Å². The van der Waals surface area contributed by atoms with Gasteiger partial charge in [-0.1, -0.05) is 54.5 Å².